The minimum atomic E-state index is -0.639. The van der Waals surface area contributed by atoms with Gasteiger partial charge in [0.05, 0.1) is 18.2 Å². The van der Waals surface area contributed by atoms with Crippen molar-refractivity contribution in [3.8, 4) is 11.5 Å². The summed E-state index contributed by atoms with van der Waals surface area (Å²) in [6, 6.07) is 12.9. The van der Waals surface area contributed by atoms with Gasteiger partial charge < -0.3 is 19.8 Å². The highest BCUT2D eigenvalue weighted by Crippen LogP contribution is 2.29. The van der Waals surface area contributed by atoms with E-state index >= 15 is 0 Å². The summed E-state index contributed by atoms with van der Waals surface area (Å²) < 4.78 is 5.79. The Bertz CT molecular complexity index is 869. The molecule has 0 saturated heterocycles. The molecule has 2 aromatic rings. The van der Waals surface area contributed by atoms with E-state index in [4.69, 9.17) is 4.74 Å². The second-order valence-corrected chi connectivity index (χ2v) is 7.73. The highest BCUT2D eigenvalue weighted by molar-refractivity contribution is 5.97. The molecule has 0 bridgehead atoms. The van der Waals surface area contributed by atoms with Gasteiger partial charge in [-0.15, -0.1) is 0 Å². The fourth-order valence-corrected chi connectivity index (χ4v) is 4.08. The van der Waals surface area contributed by atoms with Crippen molar-refractivity contribution in [1.82, 2.24) is 9.80 Å². The number of phenolic OH excluding ortho intramolecular Hbond substituents is 1. The Hall–Kier alpha value is -2.57. The standard InChI is InChI=1S/C22H26N2O4/c1-15-11-24(22(27)20-7-6-18(25)10-21(20)28-15)14-19(26)13-23-9-8-16-4-2-3-5-17(16)12-23/h2-7,10,15,19,25-26H,8-9,11-14H2,1H3/t15?,19-/m1/s1. The van der Waals surface area contributed by atoms with E-state index in [-0.39, 0.29) is 24.3 Å². The number of aliphatic hydroxyl groups excluding tert-OH is 1. The van der Waals surface area contributed by atoms with E-state index in [1.165, 1.54) is 23.3 Å². The normalized spacial score (nSPS) is 20.7. The summed E-state index contributed by atoms with van der Waals surface area (Å²) in [5, 5.41) is 20.3. The average Bonchev–Trinajstić information content (AvgIpc) is 2.77. The fraction of sp³-hybridized carbons (Fsp3) is 0.409. The number of fused-ring (bicyclic) bond motifs is 2. The number of amides is 1. The lowest BCUT2D eigenvalue weighted by Gasteiger charge is -2.32. The van der Waals surface area contributed by atoms with Gasteiger partial charge in [-0.2, -0.15) is 0 Å². The van der Waals surface area contributed by atoms with Gasteiger partial charge in [0.1, 0.15) is 17.6 Å². The third kappa shape index (κ3) is 3.98. The molecule has 2 heterocycles. The second kappa shape index (κ2) is 7.81. The fourth-order valence-electron chi connectivity index (χ4n) is 4.08. The number of aromatic hydroxyl groups is 1. The summed E-state index contributed by atoms with van der Waals surface area (Å²) in [6.07, 6.45) is 0.119. The van der Waals surface area contributed by atoms with Gasteiger partial charge in [0.15, 0.2) is 0 Å². The topological polar surface area (TPSA) is 73.2 Å². The highest BCUT2D eigenvalue weighted by atomic mass is 16.5. The molecule has 0 aliphatic carbocycles. The van der Waals surface area contributed by atoms with E-state index in [2.05, 4.69) is 23.1 Å². The number of carbonyl (C=O) groups is 1. The summed E-state index contributed by atoms with van der Waals surface area (Å²) in [4.78, 5) is 16.8. The van der Waals surface area contributed by atoms with Gasteiger partial charge in [-0.1, -0.05) is 24.3 Å². The lowest BCUT2D eigenvalue weighted by Crippen LogP contribution is -2.45. The highest BCUT2D eigenvalue weighted by Gasteiger charge is 2.29. The SMILES string of the molecule is CC1CN(C[C@H](O)CN2CCc3ccccc3C2)C(=O)c2ccc(O)cc2O1. The van der Waals surface area contributed by atoms with Gasteiger partial charge in [0.25, 0.3) is 5.91 Å². The Morgan fingerprint density at radius 3 is 2.79 bits per heavy atom. The molecule has 2 aliphatic rings. The molecule has 4 rings (SSSR count). The molecule has 0 spiro atoms. The summed E-state index contributed by atoms with van der Waals surface area (Å²) >= 11 is 0. The summed E-state index contributed by atoms with van der Waals surface area (Å²) in [6.45, 7) is 4.79. The second-order valence-electron chi connectivity index (χ2n) is 7.73. The minimum absolute atomic E-state index is 0.0672. The van der Waals surface area contributed by atoms with E-state index in [1.54, 1.807) is 11.0 Å². The lowest BCUT2D eigenvalue weighted by atomic mass is 10.00. The molecule has 1 unspecified atom stereocenters. The van der Waals surface area contributed by atoms with Gasteiger partial charge in [0.2, 0.25) is 0 Å². The maximum absolute atomic E-state index is 12.9. The molecule has 2 atom stereocenters. The van der Waals surface area contributed by atoms with Crippen LogP contribution in [0.25, 0.3) is 0 Å². The van der Waals surface area contributed by atoms with E-state index in [0.717, 1.165) is 19.5 Å². The largest absolute Gasteiger partial charge is 0.508 e. The van der Waals surface area contributed by atoms with Crippen molar-refractivity contribution in [2.24, 2.45) is 0 Å². The van der Waals surface area contributed by atoms with Gasteiger partial charge in [0, 0.05) is 32.2 Å². The lowest BCUT2D eigenvalue weighted by molar-refractivity contribution is 0.0454. The van der Waals surface area contributed by atoms with Crippen molar-refractivity contribution in [2.45, 2.75) is 32.1 Å². The number of carbonyl (C=O) groups excluding carboxylic acids is 1. The first kappa shape index (κ1) is 18.8. The van der Waals surface area contributed by atoms with Crippen LogP contribution >= 0.6 is 0 Å². The zero-order chi connectivity index (χ0) is 19.7. The van der Waals surface area contributed by atoms with Crippen LogP contribution in [0, 0.1) is 0 Å². The molecule has 0 saturated carbocycles. The van der Waals surface area contributed by atoms with E-state index in [0.29, 0.717) is 24.4 Å². The molecule has 0 aromatic heterocycles. The van der Waals surface area contributed by atoms with Crippen LogP contribution in [0.3, 0.4) is 0 Å². The molecular formula is C22H26N2O4. The zero-order valence-corrected chi connectivity index (χ0v) is 16.0. The predicted octanol–water partition coefficient (Wildman–Crippen LogP) is 2.03. The van der Waals surface area contributed by atoms with Crippen LogP contribution in [0.5, 0.6) is 11.5 Å². The van der Waals surface area contributed by atoms with Crippen LogP contribution in [0.15, 0.2) is 42.5 Å². The molecule has 0 radical (unpaired) electrons. The molecule has 6 nitrogen and oxygen atoms in total. The van der Waals surface area contributed by atoms with Crippen LogP contribution in [-0.4, -0.2) is 64.3 Å². The van der Waals surface area contributed by atoms with Crippen LogP contribution in [0.2, 0.25) is 0 Å². The van der Waals surface area contributed by atoms with Crippen LogP contribution < -0.4 is 4.74 Å². The molecule has 1 amide bonds. The number of benzene rings is 2. The Morgan fingerprint density at radius 2 is 1.96 bits per heavy atom. The summed E-state index contributed by atoms with van der Waals surface area (Å²) in [5.41, 5.74) is 3.10. The molecule has 0 fully saturated rings. The molecule has 6 heteroatoms. The van der Waals surface area contributed by atoms with Crippen LogP contribution in [-0.2, 0) is 13.0 Å². The molecule has 2 aliphatic heterocycles. The third-order valence-electron chi connectivity index (χ3n) is 5.40. The smallest absolute Gasteiger partial charge is 0.257 e. The number of ether oxygens (including phenoxy) is 1. The van der Waals surface area contributed by atoms with Gasteiger partial charge in [-0.3, -0.25) is 9.69 Å². The van der Waals surface area contributed by atoms with Crippen molar-refractivity contribution in [2.75, 3.05) is 26.2 Å². The minimum Gasteiger partial charge on any atom is -0.508 e. The van der Waals surface area contributed by atoms with Crippen molar-refractivity contribution < 1.29 is 19.7 Å². The first-order chi connectivity index (χ1) is 13.5. The molecular weight excluding hydrogens is 356 g/mol. The molecule has 148 valence electrons. The van der Waals surface area contributed by atoms with Gasteiger partial charge in [-0.25, -0.2) is 0 Å². The Morgan fingerprint density at radius 1 is 1.18 bits per heavy atom. The number of hydrogen-bond donors (Lipinski definition) is 2. The molecule has 2 aromatic carbocycles. The van der Waals surface area contributed by atoms with Crippen molar-refractivity contribution >= 4 is 5.91 Å². The van der Waals surface area contributed by atoms with E-state index < -0.39 is 6.10 Å². The van der Waals surface area contributed by atoms with Gasteiger partial charge >= 0.3 is 0 Å². The number of hydrogen-bond acceptors (Lipinski definition) is 5. The summed E-state index contributed by atoms with van der Waals surface area (Å²) in [5.74, 6) is 0.280. The number of phenols is 1. The first-order valence-corrected chi connectivity index (χ1v) is 9.76. The maximum Gasteiger partial charge on any atom is 0.257 e. The quantitative estimate of drug-likeness (QED) is 0.847. The zero-order valence-electron chi connectivity index (χ0n) is 16.0. The van der Waals surface area contributed by atoms with E-state index in [1.807, 2.05) is 13.0 Å². The number of rotatable bonds is 4. The maximum atomic E-state index is 12.9. The Balaban J connectivity index is 1.42. The van der Waals surface area contributed by atoms with Crippen LogP contribution in [0.1, 0.15) is 28.4 Å². The number of nitrogens with zero attached hydrogens (tertiary/aromatic N) is 2. The molecule has 2 N–H and O–H groups in total. The van der Waals surface area contributed by atoms with Crippen LogP contribution in [0.4, 0.5) is 0 Å². The number of aliphatic hydroxyl groups is 1. The van der Waals surface area contributed by atoms with E-state index in [9.17, 15) is 15.0 Å². The third-order valence-corrected chi connectivity index (χ3v) is 5.40. The van der Waals surface area contributed by atoms with Crippen molar-refractivity contribution in [3.63, 3.8) is 0 Å². The monoisotopic (exact) mass is 382 g/mol. The Labute approximate surface area is 165 Å². The van der Waals surface area contributed by atoms with Crippen molar-refractivity contribution in [3.05, 3.63) is 59.2 Å². The predicted molar refractivity (Wildman–Crippen MR) is 106 cm³/mol. The average molecular weight is 382 g/mol. The van der Waals surface area contributed by atoms with Gasteiger partial charge in [-0.05, 0) is 36.6 Å². The summed E-state index contributed by atoms with van der Waals surface area (Å²) in [7, 11) is 0. The Kier molecular flexibility index (Phi) is 5.24. The molecule has 28 heavy (non-hydrogen) atoms. The van der Waals surface area contributed by atoms with Crippen molar-refractivity contribution in [1.29, 1.82) is 0 Å². The number of β-amino-alcohol motifs (C(OH)–C–C–N with tert-alkyl or cyclic N) is 1. The first-order valence-electron chi connectivity index (χ1n) is 9.76.